The van der Waals surface area contributed by atoms with E-state index >= 15 is 0 Å². The van der Waals surface area contributed by atoms with E-state index in [1.165, 1.54) is 51.4 Å². The van der Waals surface area contributed by atoms with Crippen molar-refractivity contribution >= 4 is 0 Å². The monoisotopic (exact) mass is 240 g/mol. The van der Waals surface area contributed by atoms with Crippen LogP contribution in [0.1, 0.15) is 72.1 Å². The average molecular weight is 240 g/mol. The minimum atomic E-state index is -0.141. The maximum Gasteiger partial charge on any atom is 0.0855 e. The van der Waals surface area contributed by atoms with E-state index in [1.807, 2.05) is 6.08 Å². The molecule has 0 aliphatic heterocycles. The van der Waals surface area contributed by atoms with Gasteiger partial charge in [-0.3, -0.25) is 0 Å². The van der Waals surface area contributed by atoms with Crippen LogP contribution in [0.5, 0.6) is 0 Å². The smallest absolute Gasteiger partial charge is 0.0855 e. The van der Waals surface area contributed by atoms with E-state index in [9.17, 15) is 0 Å². The van der Waals surface area contributed by atoms with Gasteiger partial charge in [0.25, 0.3) is 0 Å². The van der Waals surface area contributed by atoms with Gasteiger partial charge in [-0.15, -0.1) is 6.58 Å². The quantitative estimate of drug-likeness (QED) is 0.349. The third kappa shape index (κ3) is 6.26. The third-order valence-corrected chi connectivity index (χ3v) is 4.05. The first-order valence-corrected chi connectivity index (χ1v) is 7.33. The van der Waals surface area contributed by atoms with Crippen molar-refractivity contribution in [3.63, 3.8) is 0 Å². The van der Waals surface area contributed by atoms with Crippen LogP contribution in [0.3, 0.4) is 0 Å². The molecule has 0 aliphatic rings. The lowest BCUT2D eigenvalue weighted by molar-refractivity contribution is -0.00768. The molecule has 0 aromatic rings. The average Bonchev–Trinajstić information content (AvgIpc) is 2.37. The first-order valence-electron chi connectivity index (χ1n) is 7.33. The fraction of sp³-hybridized carbons (Fsp3) is 0.875. The molecule has 0 saturated carbocycles. The Bertz CT molecular complexity index is 188. The van der Waals surface area contributed by atoms with Crippen LogP contribution in [0.2, 0.25) is 0 Å². The molecule has 17 heavy (non-hydrogen) atoms. The molecule has 2 unspecified atom stereocenters. The number of unbranched alkanes of at least 4 members (excludes halogenated alkanes) is 5. The van der Waals surface area contributed by atoms with Crippen LogP contribution in [0, 0.1) is 5.92 Å². The molecular formula is C16H32O. The van der Waals surface area contributed by atoms with Gasteiger partial charge in [0.1, 0.15) is 0 Å². The molecule has 0 N–H and O–H groups in total. The van der Waals surface area contributed by atoms with Gasteiger partial charge in [-0.05, 0) is 19.3 Å². The highest BCUT2D eigenvalue weighted by Crippen LogP contribution is 2.30. The van der Waals surface area contributed by atoms with Gasteiger partial charge in [-0.2, -0.15) is 0 Å². The molecule has 0 heterocycles. The molecule has 0 amide bonds. The van der Waals surface area contributed by atoms with Crippen LogP contribution in [-0.4, -0.2) is 12.7 Å². The van der Waals surface area contributed by atoms with E-state index < -0.39 is 0 Å². The molecule has 0 spiro atoms. The van der Waals surface area contributed by atoms with Crippen molar-refractivity contribution < 1.29 is 4.74 Å². The van der Waals surface area contributed by atoms with Crippen LogP contribution in [0.25, 0.3) is 0 Å². The largest absolute Gasteiger partial charge is 0.374 e. The van der Waals surface area contributed by atoms with Crippen molar-refractivity contribution in [3.8, 4) is 0 Å². The lowest BCUT2D eigenvalue weighted by Gasteiger charge is -2.33. The highest BCUT2D eigenvalue weighted by molar-refractivity contribution is 4.98. The zero-order chi connectivity index (χ0) is 13.1. The Balaban J connectivity index is 3.86. The van der Waals surface area contributed by atoms with Crippen molar-refractivity contribution in [1.29, 1.82) is 0 Å². The van der Waals surface area contributed by atoms with Crippen LogP contribution in [0.4, 0.5) is 0 Å². The Morgan fingerprint density at radius 3 is 2.18 bits per heavy atom. The molecule has 0 saturated heterocycles. The second-order valence-electron chi connectivity index (χ2n) is 5.25. The van der Waals surface area contributed by atoms with Crippen LogP contribution < -0.4 is 0 Å². The summed E-state index contributed by atoms with van der Waals surface area (Å²) in [4.78, 5) is 0. The predicted octanol–water partition coefficient (Wildman–Crippen LogP) is 5.35. The predicted molar refractivity (Wildman–Crippen MR) is 77.4 cm³/mol. The Morgan fingerprint density at radius 2 is 1.71 bits per heavy atom. The summed E-state index contributed by atoms with van der Waals surface area (Å²) in [6.45, 7) is 10.6. The Hall–Kier alpha value is -0.300. The summed E-state index contributed by atoms with van der Waals surface area (Å²) in [6, 6.07) is 0. The zero-order valence-corrected chi connectivity index (χ0v) is 12.4. The van der Waals surface area contributed by atoms with E-state index in [4.69, 9.17) is 4.74 Å². The van der Waals surface area contributed by atoms with E-state index in [1.54, 1.807) is 7.11 Å². The molecule has 0 bridgehead atoms. The van der Waals surface area contributed by atoms with Crippen LogP contribution in [-0.2, 0) is 4.74 Å². The number of hydrogen-bond acceptors (Lipinski definition) is 1. The Kier molecular flexibility index (Phi) is 9.53. The molecule has 0 aromatic carbocycles. The van der Waals surface area contributed by atoms with Gasteiger partial charge in [0.2, 0.25) is 0 Å². The summed E-state index contributed by atoms with van der Waals surface area (Å²) in [5.41, 5.74) is -0.141. The van der Waals surface area contributed by atoms with Crippen molar-refractivity contribution in [2.45, 2.75) is 77.7 Å². The Labute approximate surface area is 109 Å². The van der Waals surface area contributed by atoms with E-state index in [0.29, 0.717) is 5.92 Å². The first-order chi connectivity index (χ1) is 8.14. The molecule has 0 aliphatic carbocycles. The number of ether oxygens (including phenoxy) is 1. The zero-order valence-electron chi connectivity index (χ0n) is 12.4. The highest BCUT2D eigenvalue weighted by atomic mass is 16.5. The first kappa shape index (κ1) is 16.7. The van der Waals surface area contributed by atoms with Crippen molar-refractivity contribution in [2.24, 2.45) is 5.92 Å². The molecule has 0 fully saturated rings. The normalized spacial score (nSPS) is 16.5. The maximum absolute atomic E-state index is 5.62. The molecule has 0 aromatic heterocycles. The summed E-state index contributed by atoms with van der Waals surface area (Å²) in [6.07, 6.45) is 12.6. The number of methoxy groups -OCH3 is 1. The van der Waals surface area contributed by atoms with Gasteiger partial charge in [-0.25, -0.2) is 0 Å². The lowest BCUT2D eigenvalue weighted by atomic mass is 9.83. The molecule has 1 nitrogen and oxygen atoms in total. The summed E-state index contributed by atoms with van der Waals surface area (Å²) in [5.74, 6) is 0.608. The minimum Gasteiger partial charge on any atom is -0.374 e. The van der Waals surface area contributed by atoms with E-state index in [-0.39, 0.29) is 5.60 Å². The van der Waals surface area contributed by atoms with Crippen molar-refractivity contribution in [2.75, 3.05) is 7.11 Å². The fourth-order valence-corrected chi connectivity index (χ4v) is 2.48. The van der Waals surface area contributed by atoms with Crippen LogP contribution in [0.15, 0.2) is 12.7 Å². The molecular weight excluding hydrogens is 208 g/mol. The standard InChI is InChI=1S/C16H32O/c1-6-9-10-11-12-13-14-15(7-2)16(4,8-3)17-5/h8,15H,3,6-7,9-14H2,1-2,4-5H3. The highest BCUT2D eigenvalue weighted by Gasteiger charge is 2.28. The van der Waals surface area contributed by atoms with E-state index in [0.717, 1.165) is 0 Å². The maximum atomic E-state index is 5.62. The lowest BCUT2D eigenvalue weighted by Crippen LogP contribution is -2.34. The van der Waals surface area contributed by atoms with Crippen LogP contribution >= 0.6 is 0 Å². The summed E-state index contributed by atoms with van der Waals surface area (Å²) >= 11 is 0. The van der Waals surface area contributed by atoms with Gasteiger partial charge < -0.3 is 4.74 Å². The van der Waals surface area contributed by atoms with E-state index in [2.05, 4.69) is 27.4 Å². The summed E-state index contributed by atoms with van der Waals surface area (Å²) in [7, 11) is 1.80. The molecule has 0 radical (unpaired) electrons. The minimum absolute atomic E-state index is 0.141. The molecule has 1 heteroatoms. The van der Waals surface area contributed by atoms with Crippen molar-refractivity contribution in [3.05, 3.63) is 12.7 Å². The summed E-state index contributed by atoms with van der Waals surface area (Å²) < 4.78 is 5.62. The van der Waals surface area contributed by atoms with Gasteiger partial charge in [0, 0.05) is 7.11 Å². The summed E-state index contributed by atoms with van der Waals surface area (Å²) in [5, 5.41) is 0. The molecule has 0 rings (SSSR count). The third-order valence-electron chi connectivity index (χ3n) is 4.05. The number of rotatable bonds is 11. The van der Waals surface area contributed by atoms with Gasteiger partial charge in [0.15, 0.2) is 0 Å². The number of hydrogen-bond donors (Lipinski definition) is 0. The fourth-order valence-electron chi connectivity index (χ4n) is 2.48. The second kappa shape index (κ2) is 9.70. The van der Waals surface area contributed by atoms with Gasteiger partial charge >= 0.3 is 0 Å². The molecule has 102 valence electrons. The van der Waals surface area contributed by atoms with Crippen molar-refractivity contribution in [1.82, 2.24) is 0 Å². The Morgan fingerprint density at radius 1 is 1.12 bits per heavy atom. The second-order valence-corrected chi connectivity index (χ2v) is 5.25. The molecule has 2 atom stereocenters. The van der Waals surface area contributed by atoms with Gasteiger partial charge in [0.05, 0.1) is 5.60 Å². The topological polar surface area (TPSA) is 9.23 Å². The SMILES string of the molecule is C=CC(C)(OC)C(CC)CCCCCCCC. The van der Waals surface area contributed by atoms with Gasteiger partial charge in [-0.1, -0.05) is 64.9 Å².